The lowest BCUT2D eigenvalue weighted by Crippen LogP contribution is -2.30. The molecule has 2 rings (SSSR count). The molecule has 1 atom stereocenters. The van der Waals surface area contributed by atoms with Crippen LogP contribution in [0.5, 0.6) is 5.75 Å². The highest BCUT2D eigenvalue weighted by Crippen LogP contribution is 2.21. The molecule has 1 aromatic carbocycles. The number of amides is 1. The molecule has 0 bridgehead atoms. The molecule has 1 heterocycles. The van der Waals surface area contributed by atoms with Crippen LogP contribution >= 0.6 is 11.8 Å². The minimum absolute atomic E-state index is 0.0953. The maximum absolute atomic E-state index is 11.0. The smallest absolute Gasteiger partial charge is 0.230 e. The number of carbonyl (C=O) groups excluding carboxylic acids is 1. The van der Waals surface area contributed by atoms with E-state index < -0.39 is 0 Å². The third-order valence-corrected chi connectivity index (χ3v) is 4.61. The summed E-state index contributed by atoms with van der Waals surface area (Å²) in [6.45, 7) is 5.80. The van der Waals surface area contributed by atoms with Crippen molar-refractivity contribution in [2.75, 3.05) is 33.4 Å². The summed E-state index contributed by atoms with van der Waals surface area (Å²) in [4.78, 5) is 11.0. The van der Waals surface area contributed by atoms with Gasteiger partial charge < -0.3 is 20.5 Å². The molecule has 1 amide bonds. The first-order valence-corrected chi connectivity index (χ1v) is 8.54. The van der Waals surface area contributed by atoms with Crippen LogP contribution in [0.25, 0.3) is 0 Å². The first-order valence-electron chi connectivity index (χ1n) is 7.49. The van der Waals surface area contributed by atoms with Gasteiger partial charge in [0, 0.05) is 18.8 Å². The number of hydrogen-bond donors (Lipinski definition) is 2. The van der Waals surface area contributed by atoms with E-state index >= 15 is 0 Å². The van der Waals surface area contributed by atoms with Crippen LogP contribution in [0.3, 0.4) is 0 Å². The zero-order valence-electron chi connectivity index (χ0n) is 13.3. The zero-order chi connectivity index (χ0) is 16.2. The quantitative estimate of drug-likeness (QED) is 0.834. The SMILES string of the molecule is C1COCCN1.CCC(SCc1ccc(OC)cc1)C(N)=O. The zero-order valence-corrected chi connectivity index (χ0v) is 14.2. The van der Waals surface area contributed by atoms with Crippen molar-refractivity contribution in [2.24, 2.45) is 5.73 Å². The van der Waals surface area contributed by atoms with Crippen LogP contribution < -0.4 is 15.8 Å². The molecule has 1 saturated heterocycles. The third kappa shape index (κ3) is 7.68. The minimum atomic E-state index is -0.235. The number of methoxy groups -OCH3 is 1. The Hall–Kier alpha value is -1.24. The van der Waals surface area contributed by atoms with Crippen molar-refractivity contribution in [3.05, 3.63) is 29.8 Å². The van der Waals surface area contributed by atoms with Gasteiger partial charge in [-0.05, 0) is 24.1 Å². The highest BCUT2D eigenvalue weighted by atomic mass is 32.2. The van der Waals surface area contributed by atoms with Crippen LogP contribution in [0.1, 0.15) is 18.9 Å². The number of thioether (sulfide) groups is 1. The van der Waals surface area contributed by atoms with E-state index in [9.17, 15) is 4.79 Å². The number of benzene rings is 1. The van der Waals surface area contributed by atoms with E-state index in [2.05, 4.69) is 5.32 Å². The van der Waals surface area contributed by atoms with Crippen LogP contribution in [-0.4, -0.2) is 44.6 Å². The largest absolute Gasteiger partial charge is 0.497 e. The van der Waals surface area contributed by atoms with Crippen molar-refractivity contribution in [3.63, 3.8) is 0 Å². The highest BCUT2D eigenvalue weighted by Gasteiger charge is 2.12. The van der Waals surface area contributed by atoms with E-state index in [0.29, 0.717) is 0 Å². The first kappa shape index (κ1) is 18.8. The monoisotopic (exact) mass is 326 g/mol. The van der Waals surface area contributed by atoms with Gasteiger partial charge in [0.05, 0.1) is 25.6 Å². The summed E-state index contributed by atoms with van der Waals surface area (Å²) < 4.78 is 10.1. The van der Waals surface area contributed by atoms with Gasteiger partial charge in [-0.2, -0.15) is 0 Å². The van der Waals surface area contributed by atoms with Crippen LogP contribution in [0.15, 0.2) is 24.3 Å². The van der Waals surface area contributed by atoms with E-state index in [1.54, 1.807) is 18.9 Å². The van der Waals surface area contributed by atoms with Crippen molar-refractivity contribution in [2.45, 2.75) is 24.3 Å². The minimum Gasteiger partial charge on any atom is -0.497 e. The summed E-state index contributed by atoms with van der Waals surface area (Å²) in [6.07, 6.45) is 0.774. The molecule has 6 heteroatoms. The predicted octanol–water partition coefficient (Wildman–Crippen LogP) is 1.80. The van der Waals surface area contributed by atoms with Gasteiger partial charge in [0.1, 0.15) is 5.75 Å². The Morgan fingerprint density at radius 3 is 2.36 bits per heavy atom. The Balaban J connectivity index is 0.000000335. The van der Waals surface area contributed by atoms with Crippen molar-refractivity contribution in [1.29, 1.82) is 0 Å². The number of rotatable bonds is 6. The fourth-order valence-electron chi connectivity index (χ4n) is 1.84. The van der Waals surface area contributed by atoms with E-state index in [4.69, 9.17) is 15.2 Å². The third-order valence-electron chi connectivity index (χ3n) is 3.14. The molecule has 1 unspecified atom stereocenters. The number of nitrogens with two attached hydrogens (primary N) is 1. The molecule has 0 aromatic heterocycles. The van der Waals surface area contributed by atoms with Crippen LogP contribution in [0.4, 0.5) is 0 Å². The van der Waals surface area contributed by atoms with Gasteiger partial charge in [0.2, 0.25) is 5.91 Å². The highest BCUT2D eigenvalue weighted by molar-refractivity contribution is 7.99. The van der Waals surface area contributed by atoms with Gasteiger partial charge in [-0.1, -0.05) is 19.1 Å². The molecule has 1 aliphatic rings. The lowest BCUT2D eigenvalue weighted by molar-refractivity contribution is -0.117. The first-order chi connectivity index (χ1) is 10.7. The Labute approximate surface area is 136 Å². The van der Waals surface area contributed by atoms with Crippen LogP contribution in [0, 0.1) is 0 Å². The molecular weight excluding hydrogens is 300 g/mol. The van der Waals surface area contributed by atoms with Crippen LogP contribution in [0.2, 0.25) is 0 Å². The summed E-state index contributed by atoms with van der Waals surface area (Å²) in [7, 11) is 1.64. The Morgan fingerprint density at radius 2 is 2.00 bits per heavy atom. The topological polar surface area (TPSA) is 73.6 Å². The fraction of sp³-hybridized carbons (Fsp3) is 0.562. The average Bonchev–Trinajstić information content (AvgIpc) is 2.58. The van der Waals surface area contributed by atoms with E-state index in [0.717, 1.165) is 44.2 Å². The van der Waals surface area contributed by atoms with Gasteiger partial charge in [-0.3, -0.25) is 4.79 Å². The molecule has 3 N–H and O–H groups in total. The Morgan fingerprint density at radius 1 is 1.36 bits per heavy atom. The second kappa shape index (κ2) is 11.3. The molecule has 5 nitrogen and oxygen atoms in total. The fourth-order valence-corrected chi connectivity index (χ4v) is 2.82. The molecule has 0 saturated carbocycles. The normalized spacial score (nSPS) is 15.4. The molecule has 124 valence electrons. The maximum Gasteiger partial charge on any atom is 0.230 e. The number of carbonyl (C=O) groups is 1. The molecule has 1 aromatic rings. The second-order valence-electron chi connectivity index (χ2n) is 4.82. The van der Waals surface area contributed by atoms with Gasteiger partial charge in [0.15, 0.2) is 0 Å². The molecule has 1 fully saturated rings. The summed E-state index contributed by atoms with van der Waals surface area (Å²) in [5.74, 6) is 1.41. The molecule has 0 radical (unpaired) electrons. The molecule has 1 aliphatic heterocycles. The van der Waals surface area contributed by atoms with Gasteiger partial charge in [-0.25, -0.2) is 0 Å². The van der Waals surface area contributed by atoms with Gasteiger partial charge in [-0.15, -0.1) is 11.8 Å². The number of primary amides is 1. The Bertz CT molecular complexity index is 410. The summed E-state index contributed by atoms with van der Waals surface area (Å²) in [6, 6.07) is 7.83. The van der Waals surface area contributed by atoms with Gasteiger partial charge >= 0.3 is 0 Å². The molecular formula is C16H26N2O3S. The van der Waals surface area contributed by atoms with Crippen molar-refractivity contribution >= 4 is 17.7 Å². The number of hydrogen-bond acceptors (Lipinski definition) is 5. The lowest BCUT2D eigenvalue weighted by atomic mass is 10.2. The van der Waals surface area contributed by atoms with Crippen LogP contribution in [-0.2, 0) is 15.3 Å². The number of nitrogens with one attached hydrogen (secondary N) is 1. The van der Waals surface area contributed by atoms with Gasteiger partial charge in [0.25, 0.3) is 0 Å². The van der Waals surface area contributed by atoms with Crippen molar-refractivity contribution in [1.82, 2.24) is 5.32 Å². The summed E-state index contributed by atoms with van der Waals surface area (Å²) in [5, 5.41) is 3.06. The lowest BCUT2D eigenvalue weighted by Gasteiger charge is -2.10. The average molecular weight is 326 g/mol. The molecule has 0 aliphatic carbocycles. The maximum atomic E-state index is 11.0. The molecule has 0 spiro atoms. The number of morpholine rings is 1. The Kier molecular flexibility index (Phi) is 9.70. The number of ether oxygens (including phenoxy) is 2. The predicted molar refractivity (Wildman–Crippen MR) is 91.3 cm³/mol. The van der Waals surface area contributed by atoms with Crippen molar-refractivity contribution in [3.8, 4) is 5.75 Å². The standard InChI is InChI=1S/C12H17NO2S.C4H9NO/c1-3-11(12(13)14)16-8-9-4-6-10(15-2)7-5-9;1-3-6-4-2-5-1/h4-7,11H,3,8H2,1-2H3,(H2,13,14);5H,1-4H2. The van der Waals surface area contributed by atoms with Crippen molar-refractivity contribution < 1.29 is 14.3 Å². The molecule has 22 heavy (non-hydrogen) atoms. The van der Waals surface area contributed by atoms with E-state index in [1.165, 1.54) is 5.56 Å². The second-order valence-corrected chi connectivity index (χ2v) is 6.01. The van der Waals surface area contributed by atoms with E-state index in [-0.39, 0.29) is 11.2 Å². The van der Waals surface area contributed by atoms with E-state index in [1.807, 2.05) is 31.2 Å². The summed E-state index contributed by atoms with van der Waals surface area (Å²) in [5.41, 5.74) is 6.45. The summed E-state index contributed by atoms with van der Waals surface area (Å²) >= 11 is 1.58.